The number of aromatic nitrogens is 1. The first-order valence-corrected chi connectivity index (χ1v) is 10.3. The summed E-state index contributed by atoms with van der Waals surface area (Å²) in [6.07, 6.45) is 3.31. The minimum absolute atomic E-state index is 0.441. The third-order valence-electron chi connectivity index (χ3n) is 3.57. The van der Waals surface area contributed by atoms with Crippen LogP contribution in [0.1, 0.15) is 39.2 Å². The number of thiazole rings is 1. The topological polar surface area (TPSA) is 76.1 Å². The number of rotatable bonds is 7. The van der Waals surface area contributed by atoms with Crippen LogP contribution in [0, 0.1) is 0 Å². The van der Waals surface area contributed by atoms with E-state index in [1.807, 2.05) is 12.1 Å². The van der Waals surface area contributed by atoms with Gasteiger partial charge in [0.15, 0.2) is 15.0 Å². The maximum Gasteiger partial charge on any atom is 0.241 e. The molecule has 2 rings (SSSR count). The molecular formula is C16H22N2O3S2. The fourth-order valence-electron chi connectivity index (χ4n) is 2.06. The molecule has 0 aliphatic carbocycles. The largest absolute Gasteiger partial charge is 0.301 e. The molecule has 2 aromatic rings. The van der Waals surface area contributed by atoms with Crippen LogP contribution in [0.25, 0.3) is 10.2 Å². The number of hydrogen-bond donors (Lipinski definition) is 1. The maximum atomic E-state index is 11.9. The summed E-state index contributed by atoms with van der Waals surface area (Å²) < 4.78 is 24.5. The monoisotopic (exact) mass is 354 g/mol. The molecule has 0 saturated carbocycles. The fraction of sp³-hybridized carbons (Fsp3) is 0.500. The van der Waals surface area contributed by atoms with Gasteiger partial charge in [-0.05, 0) is 44.4 Å². The molecule has 0 aliphatic rings. The van der Waals surface area contributed by atoms with Crippen LogP contribution < -0.4 is 5.32 Å². The molecule has 126 valence electrons. The Balaban J connectivity index is 2.10. The number of carbonyl (C=O) groups excluding carboxylic acids is 1. The lowest BCUT2D eigenvalue weighted by Crippen LogP contribution is -2.27. The lowest BCUT2D eigenvalue weighted by Gasteiger charge is -2.06. The van der Waals surface area contributed by atoms with Crippen molar-refractivity contribution in [2.45, 2.75) is 45.3 Å². The van der Waals surface area contributed by atoms with Crippen molar-refractivity contribution in [1.29, 1.82) is 0 Å². The molecule has 1 heterocycles. The molecule has 5 nitrogen and oxygen atoms in total. The van der Waals surface area contributed by atoms with Crippen molar-refractivity contribution >= 4 is 42.4 Å². The van der Waals surface area contributed by atoms with Gasteiger partial charge in [0.1, 0.15) is 5.75 Å². The van der Waals surface area contributed by atoms with Gasteiger partial charge < -0.3 is 5.32 Å². The molecular weight excluding hydrogens is 332 g/mol. The minimum atomic E-state index is -3.40. The lowest BCUT2D eigenvalue weighted by molar-refractivity contribution is -0.113. The van der Waals surface area contributed by atoms with Crippen molar-refractivity contribution in [3.05, 3.63) is 23.8 Å². The van der Waals surface area contributed by atoms with Crippen molar-refractivity contribution in [2.24, 2.45) is 0 Å². The second kappa shape index (κ2) is 7.40. The predicted molar refractivity (Wildman–Crippen MR) is 95.8 cm³/mol. The van der Waals surface area contributed by atoms with E-state index in [0.717, 1.165) is 29.5 Å². The smallest absolute Gasteiger partial charge is 0.241 e. The highest BCUT2D eigenvalue weighted by atomic mass is 32.2. The number of amides is 1. The molecule has 0 atom stereocenters. The molecule has 23 heavy (non-hydrogen) atoms. The van der Waals surface area contributed by atoms with Crippen LogP contribution in [-0.4, -0.2) is 30.3 Å². The zero-order valence-corrected chi connectivity index (χ0v) is 15.3. The number of nitrogens with one attached hydrogen (secondary N) is 1. The maximum absolute atomic E-state index is 11.9. The standard InChI is InChI=1S/C16H22N2O3S2/c1-4-5-6-12-7-8-13-14(9-12)22-16(17-13)18-15(19)10-23(20,21)11(2)3/h7-9,11H,4-6,10H2,1-3H3,(H,17,18,19). The van der Waals surface area contributed by atoms with Gasteiger partial charge in [-0.15, -0.1) is 0 Å². The van der Waals surface area contributed by atoms with Gasteiger partial charge in [0.25, 0.3) is 0 Å². The number of nitrogens with zero attached hydrogens (tertiary/aromatic N) is 1. The van der Waals surface area contributed by atoms with Crippen molar-refractivity contribution in [3.63, 3.8) is 0 Å². The Labute approximate surface area is 141 Å². The van der Waals surface area contributed by atoms with Gasteiger partial charge in [-0.25, -0.2) is 13.4 Å². The van der Waals surface area contributed by atoms with Gasteiger partial charge >= 0.3 is 0 Å². The SMILES string of the molecule is CCCCc1ccc2nc(NC(=O)CS(=O)(=O)C(C)C)sc2c1. The summed E-state index contributed by atoms with van der Waals surface area (Å²) in [5, 5.41) is 2.47. The van der Waals surface area contributed by atoms with Crippen molar-refractivity contribution in [1.82, 2.24) is 4.98 Å². The summed E-state index contributed by atoms with van der Waals surface area (Å²) >= 11 is 1.37. The molecule has 0 unspecified atom stereocenters. The quantitative estimate of drug-likeness (QED) is 0.827. The van der Waals surface area contributed by atoms with Gasteiger partial charge in [0, 0.05) is 0 Å². The highest BCUT2D eigenvalue weighted by molar-refractivity contribution is 7.92. The number of fused-ring (bicyclic) bond motifs is 1. The number of unbranched alkanes of at least 4 members (excludes halogenated alkanes) is 1. The zero-order chi connectivity index (χ0) is 17.0. The highest BCUT2D eigenvalue weighted by Crippen LogP contribution is 2.27. The highest BCUT2D eigenvalue weighted by Gasteiger charge is 2.21. The van der Waals surface area contributed by atoms with E-state index in [0.29, 0.717) is 5.13 Å². The van der Waals surface area contributed by atoms with E-state index in [9.17, 15) is 13.2 Å². The molecule has 1 aromatic heterocycles. The summed E-state index contributed by atoms with van der Waals surface area (Å²) in [6, 6.07) is 6.08. The third-order valence-corrected chi connectivity index (χ3v) is 6.60. The van der Waals surface area contributed by atoms with Gasteiger partial charge in [0.2, 0.25) is 5.91 Å². The Bertz CT molecular complexity index is 795. The summed E-state index contributed by atoms with van der Waals surface area (Å²) in [7, 11) is -3.40. The molecule has 0 fully saturated rings. The molecule has 0 spiro atoms. The first-order valence-electron chi connectivity index (χ1n) is 7.72. The first-order chi connectivity index (χ1) is 10.8. The summed E-state index contributed by atoms with van der Waals surface area (Å²) in [5.74, 6) is -1.05. The number of aryl methyl sites for hydroxylation is 1. The van der Waals surface area contributed by atoms with Crippen LogP contribution in [0.15, 0.2) is 18.2 Å². The number of hydrogen-bond acceptors (Lipinski definition) is 5. The van der Waals surface area contributed by atoms with Gasteiger partial charge in [-0.3, -0.25) is 4.79 Å². The Morgan fingerprint density at radius 1 is 1.35 bits per heavy atom. The van der Waals surface area contributed by atoms with Crippen LogP contribution in [0.3, 0.4) is 0 Å². The Morgan fingerprint density at radius 2 is 2.09 bits per heavy atom. The Hall–Kier alpha value is -1.47. The van der Waals surface area contributed by atoms with E-state index >= 15 is 0 Å². The van der Waals surface area contributed by atoms with Crippen LogP contribution in [-0.2, 0) is 21.1 Å². The number of carbonyl (C=O) groups is 1. The summed E-state index contributed by atoms with van der Waals surface area (Å²) in [5.41, 5.74) is 2.07. The van der Waals surface area contributed by atoms with E-state index in [2.05, 4.69) is 23.3 Å². The van der Waals surface area contributed by atoms with E-state index in [1.165, 1.54) is 16.9 Å². The van der Waals surface area contributed by atoms with Crippen molar-refractivity contribution < 1.29 is 13.2 Å². The van der Waals surface area contributed by atoms with Gasteiger partial charge in [0.05, 0.1) is 15.5 Å². The van der Waals surface area contributed by atoms with E-state index in [4.69, 9.17) is 0 Å². The van der Waals surface area contributed by atoms with Gasteiger partial charge in [-0.2, -0.15) is 0 Å². The van der Waals surface area contributed by atoms with E-state index in [-0.39, 0.29) is 0 Å². The van der Waals surface area contributed by atoms with Crippen molar-refractivity contribution in [3.8, 4) is 0 Å². The molecule has 1 N–H and O–H groups in total. The number of sulfone groups is 1. The van der Waals surface area contributed by atoms with Crippen LogP contribution in [0.5, 0.6) is 0 Å². The molecule has 0 saturated heterocycles. The molecule has 0 radical (unpaired) electrons. The molecule has 1 aromatic carbocycles. The van der Waals surface area contributed by atoms with E-state index < -0.39 is 26.7 Å². The third kappa shape index (κ3) is 4.75. The number of anilines is 1. The molecule has 0 aliphatic heterocycles. The van der Waals surface area contributed by atoms with E-state index in [1.54, 1.807) is 13.8 Å². The van der Waals surface area contributed by atoms with Crippen molar-refractivity contribution in [2.75, 3.05) is 11.1 Å². The Morgan fingerprint density at radius 3 is 2.74 bits per heavy atom. The van der Waals surface area contributed by atoms with Crippen LogP contribution in [0.2, 0.25) is 0 Å². The summed E-state index contributed by atoms with van der Waals surface area (Å²) in [4.78, 5) is 16.2. The second-order valence-electron chi connectivity index (χ2n) is 5.83. The zero-order valence-electron chi connectivity index (χ0n) is 13.6. The van der Waals surface area contributed by atoms with Crippen LogP contribution in [0.4, 0.5) is 5.13 Å². The molecule has 1 amide bonds. The van der Waals surface area contributed by atoms with Gasteiger partial charge in [-0.1, -0.05) is 30.7 Å². The number of benzene rings is 1. The first kappa shape index (κ1) is 17.9. The predicted octanol–water partition coefficient (Wildman–Crippen LogP) is 3.40. The minimum Gasteiger partial charge on any atom is -0.301 e. The summed E-state index contributed by atoms with van der Waals surface area (Å²) in [6.45, 7) is 5.29. The van der Waals surface area contributed by atoms with Crippen LogP contribution >= 0.6 is 11.3 Å². The average molecular weight is 354 g/mol. The Kier molecular flexibility index (Phi) is 5.75. The average Bonchev–Trinajstić information content (AvgIpc) is 2.85. The normalized spacial score (nSPS) is 12.0. The fourth-order valence-corrected chi connectivity index (χ4v) is 3.78. The lowest BCUT2D eigenvalue weighted by atomic mass is 10.1. The molecule has 7 heteroatoms. The molecule has 0 bridgehead atoms. The second-order valence-corrected chi connectivity index (χ2v) is 9.42.